The van der Waals surface area contributed by atoms with E-state index >= 15 is 0 Å². The molecule has 2 heterocycles. The van der Waals surface area contributed by atoms with Crippen molar-refractivity contribution in [1.29, 1.82) is 0 Å². The number of fused-ring (bicyclic) bond motifs is 1. The minimum Gasteiger partial charge on any atom is -0.374 e. The van der Waals surface area contributed by atoms with Gasteiger partial charge in [0.25, 0.3) is 0 Å². The molecular weight excluding hydrogens is 268 g/mol. The number of aryl methyl sites for hydroxylation is 1. The lowest BCUT2D eigenvalue weighted by Gasteiger charge is -2.13. The smallest absolute Gasteiger partial charge is 0.115 e. The van der Waals surface area contributed by atoms with Crippen LogP contribution < -0.4 is 5.32 Å². The molecule has 3 rings (SSSR count). The van der Waals surface area contributed by atoms with Crippen molar-refractivity contribution >= 4 is 27.9 Å². The van der Waals surface area contributed by atoms with Crippen molar-refractivity contribution < 1.29 is 0 Å². The number of anilines is 1. The van der Waals surface area contributed by atoms with Gasteiger partial charge in [0, 0.05) is 16.5 Å². The molecule has 5 heteroatoms. The van der Waals surface area contributed by atoms with Gasteiger partial charge in [-0.15, -0.1) is 11.3 Å². The van der Waals surface area contributed by atoms with Crippen molar-refractivity contribution in [3.8, 4) is 0 Å². The van der Waals surface area contributed by atoms with Crippen LogP contribution in [-0.2, 0) is 6.42 Å². The maximum absolute atomic E-state index is 4.48. The Kier molecular flexibility index (Phi) is 3.60. The van der Waals surface area contributed by atoms with Crippen molar-refractivity contribution in [2.75, 3.05) is 5.32 Å². The highest BCUT2D eigenvalue weighted by molar-refractivity contribution is 7.11. The third kappa shape index (κ3) is 2.49. The van der Waals surface area contributed by atoms with Gasteiger partial charge in [-0.25, -0.2) is 4.98 Å². The number of thiazole rings is 1. The van der Waals surface area contributed by atoms with Crippen LogP contribution in [0.25, 0.3) is 10.9 Å². The Labute approximate surface area is 121 Å². The molecule has 0 saturated heterocycles. The monoisotopic (exact) mass is 284 g/mol. The Morgan fingerprint density at radius 1 is 1.25 bits per heavy atom. The molecule has 1 unspecified atom stereocenters. The van der Waals surface area contributed by atoms with Gasteiger partial charge in [0.1, 0.15) is 5.01 Å². The second-order valence-corrected chi connectivity index (χ2v) is 5.81. The molecule has 102 valence electrons. The van der Waals surface area contributed by atoms with E-state index in [1.807, 2.05) is 24.4 Å². The zero-order valence-electron chi connectivity index (χ0n) is 11.5. The maximum Gasteiger partial charge on any atom is 0.115 e. The molecule has 0 aliphatic rings. The normalized spacial score (nSPS) is 12.5. The fraction of sp³-hybridized carbons (Fsp3) is 0.267. The van der Waals surface area contributed by atoms with Crippen molar-refractivity contribution in [2.45, 2.75) is 26.3 Å². The molecule has 2 aromatic heterocycles. The number of rotatable bonds is 4. The quantitative estimate of drug-likeness (QED) is 0.791. The Morgan fingerprint density at radius 2 is 2.10 bits per heavy atom. The van der Waals surface area contributed by atoms with Gasteiger partial charge in [0.15, 0.2) is 0 Å². The van der Waals surface area contributed by atoms with E-state index in [4.69, 9.17) is 0 Å². The van der Waals surface area contributed by atoms with E-state index < -0.39 is 0 Å². The van der Waals surface area contributed by atoms with Crippen molar-refractivity contribution in [3.05, 3.63) is 46.5 Å². The van der Waals surface area contributed by atoms with Gasteiger partial charge in [0.05, 0.1) is 23.4 Å². The SMILES string of the molecule is CCc1cnc(C(C)Nc2cnnc3ccccc23)s1. The Morgan fingerprint density at radius 3 is 2.90 bits per heavy atom. The first-order valence-corrected chi connectivity index (χ1v) is 7.51. The van der Waals surface area contributed by atoms with Gasteiger partial charge in [-0.3, -0.25) is 0 Å². The van der Waals surface area contributed by atoms with E-state index in [0.717, 1.165) is 28.0 Å². The van der Waals surface area contributed by atoms with Gasteiger partial charge in [0.2, 0.25) is 0 Å². The molecule has 0 spiro atoms. The summed E-state index contributed by atoms with van der Waals surface area (Å²) in [6.07, 6.45) is 4.76. The largest absolute Gasteiger partial charge is 0.374 e. The number of hydrogen-bond donors (Lipinski definition) is 1. The molecule has 0 radical (unpaired) electrons. The molecule has 0 saturated carbocycles. The average molecular weight is 284 g/mol. The molecule has 0 fully saturated rings. The van der Waals surface area contributed by atoms with Crippen molar-refractivity contribution in [1.82, 2.24) is 15.2 Å². The maximum atomic E-state index is 4.48. The van der Waals surface area contributed by atoms with Crippen LogP contribution in [-0.4, -0.2) is 15.2 Å². The summed E-state index contributed by atoms with van der Waals surface area (Å²) in [6, 6.07) is 8.17. The van der Waals surface area contributed by atoms with E-state index in [2.05, 4.69) is 40.4 Å². The second kappa shape index (κ2) is 5.54. The summed E-state index contributed by atoms with van der Waals surface area (Å²) in [6.45, 7) is 4.27. The lowest BCUT2D eigenvalue weighted by molar-refractivity contribution is 0.867. The van der Waals surface area contributed by atoms with Crippen molar-refractivity contribution in [3.63, 3.8) is 0 Å². The van der Waals surface area contributed by atoms with Gasteiger partial charge in [-0.2, -0.15) is 10.2 Å². The first-order chi connectivity index (χ1) is 9.78. The molecule has 0 aliphatic heterocycles. The molecule has 0 bridgehead atoms. The molecule has 1 N–H and O–H groups in total. The zero-order valence-corrected chi connectivity index (χ0v) is 12.3. The zero-order chi connectivity index (χ0) is 13.9. The summed E-state index contributed by atoms with van der Waals surface area (Å²) >= 11 is 1.76. The highest BCUT2D eigenvalue weighted by atomic mass is 32.1. The highest BCUT2D eigenvalue weighted by Gasteiger charge is 2.11. The van der Waals surface area contributed by atoms with E-state index in [-0.39, 0.29) is 6.04 Å². The van der Waals surface area contributed by atoms with Crippen LogP contribution in [0.2, 0.25) is 0 Å². The summed E-state index contributed by atoms with van der Waals surface area (Å²) in [4.78, 5) is 5.79. The predicted molar refractivity (Wildman–Crippen MR) is 83.1 cm³/mol. The third-order valence-corrected chi connectivity index (χ3v) is 4.53. The van der Waals surface area contributed by atoms with Crippen molar-refractivity contribution in [2.24, 2.45) is 0 Å². The van der Waals surface area contributed by atoms with Crippen LogP contribution in [0.5, 0.6) is 0 Å². The molecular formula is C15H16N4S. The standard InChI is InChI=1S/C15H16N4S/c1-3-11-8-16-15(20-11)10(2)18-14-9-17-19-13-7-5-4-6-12(13)14/h4-10H,3H2,1-2H3,(H,18,19). The summed E-state index contributed by atoms with van der Waals surface area (Å²) < 4.78 is 0. The minimum atomic E-state index is 0.160. The summed E-state index contributed by atoms with van der Waals surface area (Å²) in [5.41, 5.74) is 1.90. The fourth-order valence-electron chi connectivity index (χ4n) is 2.10. The Hall–Kier alpha value is -2.01. The number of nitrogens with one attached hydrogen (secondary N) is 1. The van der Waals surface area contributed by atoms with E-state index in [0.29, 0.717) is 0 Å². The average Bonchev–Trinajstić information content (AvgIpc) is 2.97. The van der Waals surface area contributed by atoms with Crippen LogP contribution in [0, 0.1) is 0 Å². The lowest BCUT2D eigenvalue weighted by Crippen LogP contribution is -2.07. The minimum absolute atomic E-state index is 0.160. The first-order valence-electron chi connectivity index (χ1n) is 6.69. The highest BCUT2D eigenvalue weighted by Crippen LogP contribution is 2.27. The molecule has 4 nitrogen and oxygen atoms in total. The van der Waals surface area contributed by atoms with E-state index in [9.17, 15) is 0 Å². The Balaban J connectivity index is 1.89. The van der Waals surface area contributed by atoms with Crippen LogP contribution in [0.1, 0.15) is 29.8 Å². The lowest BCUT2D eigenvalue weighted by atomic mass is 10.2. The third-order valence-electron chi connectivity index (χ3n) is 3.21. The van der Waals surface area contributed by atoms with Gasteiger partial charge in [-0.1, -0.05) is 25.1 Å². The van der Waals surface area contributed by atoms with Crippen LogP contribution in [0.3, 0.4) is 0 Å². The molecule has 3 aromatic rings. The second-order valence-electron chi connectivity index (χ2n) is 4.66. The number of nitrogens with zero attached hydrogens (tertiary/aromatic N) is 3. The molecule has 20 heavy (non-hydrogen) atoms. The van der Waals surface area contributed by atoms with Gasteiger partial charge < -0.3 is 5.32 Å². The van der Waals surface area contributed by atoms with E-state index in [1.54, 1.807) is 17.5 Å². The van der Waals surface area contributed by atoms with E-state index in [1.165, 1.54) is 4.88 Å². The topological polar surface area (TPSA) is 50.7 Å². The molecule has 1 aromatic carbocycles. The summed E-state index contributed by atoms with van der Waals surface area (Å²) in [5.74, 6) is 0. The van der Waals surface area contributed by atoms with Crippen LogP contribution in [0.4, 0.5) is 5.69 Å². The molecule has 0 aliphatic carbocycles. The van der Waals surface area contributed by atoms with Gasteiger partial charge in [-0.05, 0) is 19.4 Å². The number of benzene rings is 1. The van der Waals surface area contributed by atoms with Crippen LogP contribution in [0.15, 0.2) is 36.7 Å². The van der Waals surface area contributed by atoms with Crippen LogP contribution >= 0.6 is 11.3 Å². The molecule has 0 amide bonds. The predicted octanol–water partition coefficient (Wildman–Crippen LogP) is 3.82. The summed E-state index contributed by atoms with van der Waals surface area (Å²) in [7, 11) is 0. The summed E-state index contributed by atoms with van der Waals surface area (Å²) in [5, 5.41) is 13.9. The first kappa shape index (κ1) is 13.0. The van der Waals surface area contributed by atoms with Gasteiger partial charge >= 0.3 is 0 Å². The Bertz CT molecular complexity index is 717. The molecule has 1 atom stereocenters. The number of hydrogen-bond acceptors (Lipinski definition) is 5. The number of aromatic nitrogens is 3. The fourth-order valence-corrected chi connectivity index (χ4v) is 2.96.